The zero-order valence-electron chi connectivity index (χ0n) is 12.8. The van der Waals surface area contributed by atoms with E-state index in [1.54, 1.807) is 29.2 Å². The predicted molar refractivity (Wildman–Crippen MR) is 87.5 cm³/mol. The Balaban J connectivity index is 1.49. The molecule has 124 valence electrons. The van der Waals surface area contributed by atoms with Crippen LogP contribution in [-0.4, -0.2) is 61.1 Å². The number of carbonyl (C=O) groups is 2. The summed E-state index contributed by atoms with van der Waals surface area (Å²) in [6, 6.07) is 6.85. The van der Waals surface area contributed by atoms with Crippen LogP contribution in [0.2, 0.25) is 5.02 Å². The van der Waals surface area contributed by atoms with Crippen molar-refractivity contribution < 1.29 is 14.3 Å². The first-order valence-electron chi connectivity index (χ1n) is 7.81. The molecule has 1 aromatic rings. The molecular formula is C16H20ClN3O3. The van der Waals surface area contributed by atoms with Crippen LogP contribution in [-0.2, 0) is 9.53 Å². The van der Waals surface area contributed by atoms with Crippen molar-refractivity contribution in [2.24, 2.45) is 5.92 Å². The molecule has 0 saturated carbocycles. The predicted octanol–water partition coefficient (Wildman–Crippen LogP) is 2.05. The monoisotopic (exact) mass is 337 g/mol. The molecule has 2 heterocycles. The summed E-state index contributed by atoms with van der Waals surface area (Å²) in [5, 5.41) is 3.47. The molecule has 1 unspecified atom stereocenters. The topological polar surface area (TPSA) is 61.9 Å². The molecule has 2 fully saturated rings. The van der Waals surface area contributed by atoms with Crippen molar-refractivity contribution >= 4 is 29.2 Å². The Kier molecular flexibility index (Phi) is 5.03. The van der Waals surface area contributed by atoms with Gasteiger partial charge in [0.1, 0.15) is 0 Å². The van der Waals surface area contributed by atoms with Gasteiger partial charge in [-0.25, -0.2) is 4.79 Å². The quantitative estimate of drug-likeness (QED) is 0.898. The first-order valence-corrected chi connectivity index (χ1v) is 8.19. The number of ether oxygens (including phenoxy) is 1. The Hall–Kier alpha value is -1.79. The van der Waals surface area contributed by atoms with Gasteiger partial charge in [0.2, 0.25) is 5.91 Å². The molecule has 0 spiro atoms. The molecular weight excluding hydrogens is 318 g/mol. The number of anilines is 1. The van der Waals surface area contributed by atoms with Gasteiger partial charge in [0, 0.05) is 43.5 Å². The van der Waals surface area contributed by atoms with Crippen LogP contribution in [0.1, 0.15) is 6.42 Å². The second kappa shape index (κ2) is 7.19. The number of halogens is 1. The molecule has 2 aliphatic rings. The Labute approximate surface area is 140 Å². The molecule has 0 aromatic heterocycles. The molecule has 23 heavy (non-hydrogen) atoms. The van der Waals surface area contributed by atoms with Gasteiger partial charge in [-0.2, -0.15) is 0 Å². The maximum atomic E-state index is 12.3. The summed E-state index contributed by atoms with van der Waals surface area (Å²) in [5.74, 6) is 0.143. The minimum absolute atomic E-state index is 0.00977. The van der Waals surface area contributed by atoms with Crippen LogP contribution in [0.3, 0.4) is 0 Å². The van der Waals surface area contributed by atoms with Crippen LogP contribution >= 0.6 is 11.6 Å². The molecule has 7 heteroatoms. The SMILES string of the molecule is O=C(Nc1ccc(Cl)cc1)N1CCN(C(=O)C2CCOC2)CC1. The van der Waals surface area contributed by atoms with Crippen LogP contribution in [0.5, 0.6) is 0 Å². The van der Waals surface area contributed by atoms with Crippen molar-refractivity contribution in [3.8, 4) is 0 Å². The van der Waals surface area contributed by atoms with Crippen LogP contribution in [0, 0.1) is 5.92 Å². The smallest absolute Gasteiger partial charge is 0.321 e. The first kappa shape index (κ1) is 16.1. The normalized spacial score (nSPS) is 21.3. The standard InChI is InChI=1S/C16H20ClN3O3/c17-13-1-3-14(4-2-13)18-16(22)20-8-6-19(7-9-20)15(21)12-5-10-23-11-12/h1-4,12H,5-11H2,(H,18,22). The van der Waals surface area contributed by atoms with Crippen LogP contribution in [0.25, 0.3) is 0 Å². The number of rotatable bonds is 2. The summed E-state index contributed by atoms with van der Waals surface area (Å²) in [4.78, 5) is 28.1. The van der Waals surface area contributed by atoms with Crippen molar-refractivity contribution in [2.45, 2.75) is 6.42 Å². The first-order chi connectivity index (χ1) is 11.1. The Morgan fingerprint density at radius 2 is 1.74 bits per heavy atom. The van der Waals surface area contributed by atoms with Crippen molar-refractivity contribution in [2.75, 3.05) is 44.7 Å². The van der Waals surface area contributed by atoms with E-state index in [2.05, 4.69) is 5.32 Å². The molecule has 3 rings (SSSR count). The van der Waals surface area contributed by atoms with Gasteiger partial charge >= 0.3 is 6.03 Å². The fourth-order valence-electron chi connectivity index (χ4n) is 2.85. The van der Waals surface area contributed by atoms with E-state index in [-0.39, 0.29) is 17.9 Å². The van der Waals surface area contributed by atoms with Crippen molar-refractivity contribution in [3.63, 3.8) is 0 Å². The van der Waals surface area contributed by atoms with Gasteiger partial charge in [0.25, 0.3) is 0 Å². The third-order valence-electron chi connectivity index (χ3n) is 4.25. The van der Waals surface area contributed by atoms with Crippen LogP contribution < -0.4 is 5.32 Å². The van der Waals surface area contributed by atoms with E-state index in [9.17, 15) is 9.59 Å². The van der Waals surface area contributed by atoms with E-state index in [4.69, 9.17) is 16.3 Å². The minimum Gasteiger partial charge on any atom is -0.381 e. The molecule has 1 atom stereocenters. The summed E-state index contributed by atoms with van der Waals surface area (Å²) in [5.41, 5.74) is 0.709. The molecule has 6 nitrogen and oxygen atoms in total. The van der Waals surface area contributed by atoms with E-state index in [0.717, 1.165) is 6.42 Å². The number of hydrogen-bond donors (Lipinski definition) is 1. The van der Waals surface area contributed by atoms with Crippen molar-refractivity contribution in [1.29, 1.82) is 0 Å². The van der Waals surface area contributed by atoms with Gasteiger partial charge in [-0.3, -0.25) is 4.79 Å². The lowest BCUT2D eigenvalue weighted by molar-refractivity contribution is -0.136. The van der Waals surface area contributed by atoms with Gasteiger partial charge < -0.3 is 19.9 Å². The third-order valence-corrected chi connectivity index (χ3v) is 4.50. The number of benzene rings is 1. The third kappa shape index (κ3) is 3.95. The van der Waals surface area contributed by atoms with E-state index >= 15 is 0 Å². The molecule has 2 aliphatic heterocycles. The average molecular weight is 338 g/mol. The largest absolute Gasteiger partial charge is 0.381 e. The summed E-state index contributed by atoms with van der Waals surface area (Å²) in [7, 11) is 0. The number of urea groups is 1. The number of hydrogen-bond acceptors (Lipinski definition) is 3. The number of carbonyl (C=O) groups excluding carboxylic acids is 2. The maximum absolute atomic E-state index is 12.3. The van der Waals surface area contributed by atoms with E-state index in [0.29, 0.717) is 50.1 Å². The van der Waals surface area contributed by atoms with E-state index < -0.39 is 0 Å². The molecule has 0 aliphatic carbocycles. The number of amides is 3. The van der Waals surface area contributed by atoms with E-state index in [1.807, 2.05) is 4.90 Å². The van der Waals surface area contributed by atoms with Gasteiger partial charge in [-0.05, 0) is 30.7 Å². The summed E-state index contributed by atoms with van der Waals surface area (Å²) in [6.45, 7) is 3.42. The number of nitrogens with zero attached hydrogens (tertiary/aromatic N) is 2. The van der Waals surface area contributed by atoms with Crippen LogP contribution in [0.15, 0.2) is 24.3 Å². The van der Waals surface area contributed by atoms with Crippen LogP contribution in [0.4, 0.5) is 10.5 Å². The fourth-order valence-corrected chi connectivity index (χ4v) is 2.98. The van der Waals surface area contributed by atoms with Gasteiger partial charge in [-0.1, -0.05) is 11.6 Å². The molecule has 2 saturated heterocycles. The Morgan fingerprint density at radius 3 is 2.35 bits per heavy atom. The van der Waals surface area contributed by atoms with Crippen molar-refractivity contribution in [1.82, 2.24) is 9.80 Å². The summed E-state index contributed by atoms with van der Waals surface area (Å²) >= 11 is 5.83. The van der Waals surface area contributed by atoms with E-state index in [1.165, 1.54) is 0 Å². The summed E-state index contributed by atoms with van der Waals surface area (Å²) in [6.07, 6.45) is 0.802. The van der Waals surface area contributed by atoms with Gasteiger partial charge in [0.15, 0.2) is 0 Å². The van der Waals surface area contributed by atoms with Gasteiger partial charge in [0.05, 0.1) is 12.5 Å². The zero-order valence-corrected chi connectivity index (χ0v) is 13.6. The lowest BCUT2D eigenvalue weighted by Gasteiger charge is -2.35. The molecule has 0 radical (unpaired) electrons. The highest BCUT2D eigenvalue weighted by Crippen LogP contribution is 2.18. The molecule has 3 amide bonds. The highest BCUT2D eigenvalue weighted by Gasteiger charge is 2.31. The zero-order chi connectivity index (χ0) is 16.2. The maximum Gasteiger partial charge on any atom is 0.321 e. The second-order valence-electron chi connectivity index (χ2n) is 5.81. The number of piperazine rings is 1. The Bertz CT molecular complexity index is 564. The lowest BCUT2D eigenvalue weighted by atomic mass is 10.1. The average Bonchev–Trinajstić information content (AvgIpc) is 3.11. The summed E-state index contributed by atoms with van der Waals surface area (Å²) < 4.78 is 5.27. The highest BCUT2D eigenvalue weighted by atomic mass is 35.5. The molecule has 1 N–H and O–H groups in total. The minimum atomic E-state index is -0.149. The van der Waals surface area contributed by atoms with Gasteiger partial charge in [-0.15, -0.1) is 0 Å². The second-order valence-corrected chi connectivity index (χ2v) is 6.25. The Morgan fingerprint density at radius 1 is 1.09 bits per heavy atom. The molecule has 1 aromatic carbocycles. The highest BCUT2D eigenvalue weighted by molar-refractivity contribution is 6.30. The fraction of sp³-hybridized carbons (Fsp3) is 0.500. The molecule has 0 bridgehead atoms. The lowest BCUT2D eigenvalue weighted by Crippen LogP contribution is -2.53. The number of nitrogens with one attached hydrogen (secondary N) is 1. The van der Waals surface area contributed by atoms with Crippen molar-refractivity contribution in [3.05, 3.63) is 29.3 Å².